The molecule has 1 fully saturated rings. The lowest BCUT2D eigenvalue weighted by molar-refractivity contribution is 0.379. The number of rotatable bonds is 4. The van der Waals surface area contributed by atoms with E-state index in [0.717, 1.165) is 12.4 Å². The standard InChI is InChI=1S/C12H16ClN5/c1-8(2)12(3-4-12)6-14-10-5-9(13)17-11-15-7-16-18(10)11/h5,7-8,14H,3-4,6H2,1-2H3. The van der Waals surface area contributed by atoms with Crippen molar-refractivity contribution in [3.8, 4) is 0 Å². The fraction of sp³-hybridized carbons (Fsp3) is 0.583. The van der Waals surface area contributed by atoms with Crippen molar-refractivity contribution in [1.29, 1.82) is 0 Å². The Morgan fingerprint density at radius 1 is 1.50 bits per heavy atom. The molecule has 0 spiro atoms. The zero-order valence-electron chi connectivity index (χ0n) is 10.5. The van der Waals surface area contributed by atoms with Crippen LogP contribution in [0.4, 0.5) is 5.82 Å². The molecule has 0 aromatic carbocycles. The average molecular weight is 266 g/mol. The summed E-state index contributed by atoms with van der Waals surface area (Å²) in [5, 5.41) is 8.02. The van der Waals surface area contributed by atoms with E-state index >= 15 is 0 Å². The molecule has 1 saturated carbocycles. The van der Waals surface area contributed by atoms with Crippen molar-refractivity contribution in [2.24, 2.45) is 11.3 Å². The Morgan fingerprint density at radius 3 is 2.94 bits per heavy atom. The lowest BCUT2D eigenvalue weighted by Crippen LogP contribution is -2.22. The molecule has 96 valence electrons. The van der Waals surface area contributed by atoms with Gasteiger partial charge in [-0.05, 0) is 24.2 Å². The summed E-state index contributed by atoms with van der Waals surface area (Å²) in [5.74, 6) is 2.07. The highest BCUT2D eigenvalue weighted by Crippen LogP contribution is 2.51. The van der Waals surface area contributed by atoms with Gasteiger partial charge in [0.25, 0.3) is 5.78 Å². The fourth-order valence-corrected chi connectivity index (χ4v) is 2.47. The number of hydrogen-bond donors (Lipinski definition) is 1. The Balaban J connectivity index is 1.84. The van der Waals surface area contributed by atoms with Crippen molar-refractivity contribution in [1.82, 2.24) is 19.6 Å². The lowest BCUT2D eigenvalue weighted by Gasteiger charge is -2.20. The summed E-state index contributed by atoms with van der Waals surface area (Å²) >= 11 is 5.98. The first kappa shape index (κ1) is 11.7. The van der Waals surface area contributed by atoms with E-state index in [-0.39, 0.29) is 0 Å². The number of nitrogens with one attached hydrogen (secondary N) is 1. The van der Waals surface area contributed by atoms with Crippen molar-refractivity contribution in [3.63, 3.8) is 0 Å². The summed E-state index contributed by atoms with van der Waals surface area (Å²) in [5.41, 5.74) is 0.433. The summed E-state index contributed by atoms with van der Waals surface area (Å²) in [6.07, 6.45) is 4.06. The molecular formula is C12H16ClN5. The highest BCUT2D eigenvalue weighted by Gasteiger charge is 2.45. The summed E-state index contributed by atoms with van der Waals surface area (Å²) < 4.78 is 1.68. The van der Waals surface area contributed by atoms with Crippen molar-refractivity contribution in [3.05, 3.63) is 17.5 Å². The Hall–Kier alpha value is -1.36. The number of aromatic nitrogens is 4. The number of nitrogens with zero attached hydrogens (tertiary/aromatic N) is 4. The van der Waals surface area contributed by atoms with Gasteiger partial charge >= 0.3 is 0 Å². The minimum absolute atomic E-state index is 0.433. The highest BCUT2D eigenvalue weighted by molar-refractivity contribution is 6.29. The zero-order chi connectivity index (χ0) is 12.8. The van der Waals surface area contributed by atoms with Crippen LogP contribution in [0.25, 0.3) is 5.78 Å². The molecule has 1 N–H and O–H groups in total. The molecule has 1 aliphatic carbocycles. The molecule has 0 saturated heterocycles. The number of halogens is 1. The second-order valence-electron chi connectivity index (χ2n) is 5.31. The summed E-state index contributed by atoms with van der Waals surface area (Å²) in [7, 11) is 0. The van der Waals surface area contributed by atoms with Crippen LogP contribution in [0.1, 0.15) is 26.7 Å². The van der Waals surface area contributed by atoms with E-state index in [9.17, 15) is 0 Å². The van der Waals surface area contributed by atoms with Crippen molar-refractivity contribution in [2.75, 3.05) is 11.9 Å². The van der Waals surface area contributed by atoms with Crippen molar-refractivity contribution >= 4 is 23.2 Å². The second-order valence-corrected chi connectivity index (χ2v) is 5.69. The third kappa shape index (κ3) is 1.92. The smallest absolute Gasteiger partial charge is 0.255 e. The number of fused-ring (bicyclic) bond motifs is 1. The summed E-state index contributed by atoms with van der Waals surface area (Å²) in [6, 6.07) is 1.79. The third-order valence-corrected chi connectivity index (χ3v) is 4.15. The SMILES string of the molecule is CC(C)C1(CNc2cc(Cl)nc3ncnn23)CC1. The first-order valence-corrected chi connectivity index (χ1v) is 6.59. The van der Waals surface area contributed by atoms with E-state index in [1.165, 1.54) is 19.2 Å². The van der Waals surface area contributed by atoms with Gasteiger partial charge in [0.2, 0.25) is 0 Å². The van der Waals surface area contributed by atoms with Gasteiger partial charge in [0.15, 0.2) is 0 Å². The van der Waals surface area contributed by atoms with E-state index in [1.54, 1.807) is 10.6 Å². The predicted octanol–water partition coefficient (Wildman–Crippen LogP) is 2.63. The minimum Gasteiger partial charge on any atom is -0.369 e. The van der Waals surface area contributed by atoms with Gasteiger partial charge in [-0.1, -0.05) is 25.4 Å². The van der Waals surface area contributed by atoms with Gasteiger partial charge < -0.3 is 5.32 Å². The quantitative estimate of drug-likeness (QED) is 0.864. The van der Waals surface area contributed by atoms with Crippen LogP contribution < -0.4 is 5.32 Å². The molecule has 0 aliphatic heterocycles. The molecule has 3 rings (SSSR count). The molecular weight excluding hydrogens is 250 g/mol. The molecule has 6 heteroatoms. The fourth-order valence-electron chi connectivity index (χ4n) is 2.29. The molecule has 0 radical (unpaired) electrons. The van der Waals surface area contributed by atoms with E-state index in [0.29, 0.717) is 22.3 Å². The molecule has 18 heavy (non-hydrogen) atoms. The van der Waals surface area contributed by atoms with E-state index in [2.05, 4.69) is 34.2 Å². The zero-order valence-corrected chi connectivity index (χ0v) is 11.3. The van der Waals surface area contributed by atoms with Gasteiger partial charge in [-0.3, -0.25) is 0 Å². The van der Waals surface area contributed by atoms with Crippen LogP contribution in [-0.2, 0) is 0 Å². The largest absolute Gasteiger partial charge is 0.369 e. The molecule has 2 aromatic rings. The van der Waals surface area contributed by atoms with E-state index in [1.807, 2.05) is 0 Å². The van der Waals surface area contributed by atoms with Crippen LogP contribution >= 0.6 is 11.6 Å². The van der Waals surface area contributed by atoms with Crippen molar-refractivity contribution < 1.29 is 0 Å². The normalized spacial score (nSPS) is 17.3. The molecule has 0 atom stereocenters. The van der Waals surface area contributed by atoms with Crippen LogP contribution in [0.5, 0.6) is 0 Å². The first-order chi connectivity index (χ1) is 8.61. The topological polar surface area (TPSA) is 55.1 Å². The van der Waals surface area contributed by atoms with Crippen LogP contribution in [0, 0.1) is 11.3 Å². The third-order valence-electron chi connectivity index (χ3n) is 3.96. The maximum atomic E-state index is 5.98. The van der Waals surface area contributed by atoms with E-state index in [4.69, 9.17) is 11.6 Å². The highest BCUT2D eigenvalue weighted by atomic mass is 35.5. The Kier molecular flexibility index (Phi) is 2.66. The summed E-state index contributed by atoms with van der Waals surface area (Å²) in [6.45, 7) is 5.50. The van der Waals surface area contributed by atoms with Gasteiger partial charge in [-0.2, -0.15) is 19.6 Å². The maximum Gasteiger partial charge on any atom is 0.255 e. The van der Waals surface area contributed by atoms with Gasteiger partial charge in [0.05, 0.1) is 0 Å². The molecule has 0 bridgehead atoms. The van der Waals surface area contributed by atoms with E-state index < -0.39 is 0 Å². The number of anilines is 1. The monoisotopic (exact) mass is 265 g/mol. The van der Waals surface area contributed by atoms with Gasteiger partial charge in [0.1, 0.15) is 17.3 Å². The second kappa shape index (κ2) is 4.09. The van der Waals surface area contributed by atoms with Crippen LogP contribution in [0.3, 0.4) is 0 Å². The Bertz CT molecular complexity index is 573. The van der Waals surface area contributed by atoms with Gasteiger partial charge in [-0.25, -0.2) is 0 Å². The lowest BCUT2D eigenvalue weighted by atomic mass is 9.92. The maximum absolute atomic E-state index is 5.98. The summed E-state index contributed by atoms with van der Waals surface area (Å²) in [4.78, 5) is 8.16. The molecule has 5 nitrogen and oxygen atoms in total. The van der Waals surface area contributed by atoms with Crippen LogP contribution in [0.15, 0.2) is 12.4 Å². The Morgan fingerprint density at radius 2 is 2.28 bits per heavy atom. The molecule has 1 aliphatic rings. The first-order valence-electron chi connectivity index (χ1n) is 6.21. The molecule has 2 aromatic heterocycles. The van der Waals surface area contributed by atoms with Gasteiger partial charge in [0, 0.05) is 12.6 Å². The predicted molar refractivity (Wildman–Crippen MR) is 70.8 cm³/mol. The molecule has 2 heterocycles. The van der Waals surface area contributed by atoms with Crippen LogP contribution in [0.2, 0.25) is 5.15 Å². The molecule has 0 unspecified atom stereocenters. The average Bonchev–Trinajstić information content (AvgIpc) is 2.98. The molecule has 0 amide bonds. The van der Waals surface area contributed by atoms with Crippen LogP contribution in [-0.4, -0.2) is 26.1 Å². The van der Waals surface area contributed by atoms with Crippen molar-refractivity contribution in [2.45, 2.75) is 26.7 Å². The minimum atomic E-state index is 0.433. The Labute approximate surface area is 111 Å². The van der Waals surface area contributed by atoms with Gasteiger partial charge in [-0.15, -0.1) is 0 Å². The number of hydrogen-bond acceptors (Lipinski definition) is 4.